The Bertz CT molecular complexity index is 479. The molecule has 110 valence electrons. The summed E-state index contributed by atoms with van der Waals surface area (Å²) in [5.74, 6) is 0.0997. The van der Waals surface area contributed by atoms with Crippen molar-refractivity contribution in [1.29, 1.82) is 0 Å². The van der Waals surface area contributed by atoms with Crippen molar-refractivity contribution in [3.63, 3.8) is 0 Å². The number of carbonyl (C=O) groups excluding carboxylic acids is 1. The first-order valence-corrected chi connectivity index (χ1v) is 7.42. The van der Waals surface area contributed by atoms with Crippen molar-refractivity contribution in [3.8, 4) is 0 Å². The second kappa shape index (κ2) is 6.95. The summed E-state index contributed by atoms with van der Waals surface area (Å²) in [6, 6.07) is 5.58. The number of likely N-dealkylation sites (tertiary alicyclic amines) is 1. The maximum atomic E-state index is 12.2. The Kier molecular flexibility index (Phi) is 5.26. The van der Waals surface area contributed by atoms with Gasteiger partial charge in [0, 0.05) is 12.6 Å². The lowest BCUT2D eigenvalue weighted by Crippen LogP contribution is -2.44. The Morgan fingerprint density at radius 2 is 2.30 bits per heavy atom. The van der Waals surface area contributed by atoms with Crippen LogP contribution in [0.4, 0.5) is 5.69 Å². The highest BCUT2D eigenvalue weighted by Gasteiger charge is 2.22. The normalized spacial score (nSPS) is 18.9. The summed E-state index contributed by atoms with van der Waals surface area (Å²) < 4.78 is 0. The van der Waals surface area contributed by atoms with Gasteiger partial charge in [-0.05, 0) is 43.9 Å². The van der Waals surface area contributed by atoms with Crippen molar-refractivity contribution in [2.24, 2.45) is 0 Å². The molecule has 5 heteroatoms. The molecule has 2 rings (SSSR count). The standard InChI is InChI=1S/C15H21ClN2O2/c1-11-4-2-3-7-18(11)15(20)9-17-14-8-12(10-19)5-6-13(14)16/h5-6,8,11,17,19H,2-4,7,9-10H2,1H3/t11-/m1/s1. The quantitative estimate of drug-likeness (QED) is 0.898. The molecule has 0 spiro atoms. The van der Waals surface area contributed by atoms with Gasteiger partial charge in [0.05, 0.1) is 23.9 Å². The third-order valence-electron chi connectivity index (χ3n) is 3.77. The van der Waals surface area contributed by atoms with Crippen LogP contribution >= 0.6 is 11.6 Å². The zero-order valence-electron chi connectivity index (χ0n) is 11.7. The SMILES string of the molecule is C[C@@H]1CCCCN1C(=O)CNc1cc(CO)ccc1Cl. The van der Waals surface area contributed by atoms with E-state index in [2.05, 4.69) is 12.2 Å². The molecule has 0 aromatic heterocycles. The van der Waals surface area contributed by atoms with Crippen LogP contribution in [0.2, 0.25) is 5.02 Å². The molecule has 1 atom stereocenters. The van der Waals surface area contributed by atoms with Crippen molar-refractivity contribution in [3.05, 3.63) is 28.8 Å². The summed E-state index contributed by atoms with van der Waals surface area (Å²) in [6.07, 6.45) is 3.35. The molecular formula is C15H21ClN2O2. The van der Waals surface area contributed by atoms with Crippen LogP contribution in [-0.2, 0) is 11.4 Å². The first-order valence-electron chi connectivity index (χ1n) is 7.04. The lowest BCUT2D eigenvalue weighted by molar-refractivity contribution is -0.132. The number of hydrogen-bond donors (Lipinski definition) is 2. The number of piperidine rings is 1. The van der Waals surface area contributed by atoms with Crippen LogP contribution in [0.1, 0.15) is 31.7 Å². The first-order chi connectivity index (χ1) is 9.61. The number of hydrogen-bond acceptors (Lipinski definition) is 3. The van der Waals surface area contributed by atoms with Crippen LogP contribution in [0.25, 0.3) is 0 Å². The molecule has 0 radical (unpaired) electrons. The van der Waals surface area contributed by atoms with Crippen molar-refractivity contribution in [2.45, 2.75) is 38.8 Å². The number of rotatable bonds is 4. The second-order valence-corrected chi connectivity index (χ2v) is 5.67. The minimum atomic E-state index is -0.0387. The van der Waals surface area contributed by atoms with Crippen molar-refractivity contribution < 1.29 is 9.90 Å². The Morgan fingerprint density at radius 3 is 3.00 bits per heavy atom. The summed E-state index contributed by atoms with van der Waals surface area (Å²) in [4.78, 5) is 14.1. The van der Waals surface area contributed by atoms with Crippen molar-refractivity contribution in [1.82, 2.24) is 4.90 Å². The first kappa shape index (κ1) is 15.1. The Balaban J connectivity index is 1.96. The lowest BCUT2D eigenvalue weighted by Gasteiger charge is -2.33. The number of benzene rings is 1. The maximum Gasteiger partial charge on any atom is 0.242 e. The van der Waals surface area contributed by atoms with E-state index < -0.39 is 0 Å². The zero-order valence-corrected chi connectivity index (χ0v) is 12.5. The second-order valence-electron chi connectivity index (χ2n) is 5.26. The van der Waals surface area contributed by atoms with E-state index in [-0.39, 0.29) is 19.1 Å². The predicted molar refractivity (Wildman–Crippen MR) is 80.9 cm³/mol. The molecule has 1 amide bonds. The monoisotopic (exact) mass is 296 g/mol. The Morgan fingerprint density at radius 1 is 1.50 bits per heavy atom. The summed E-state index contributed by atoms with van der Waals surface area (Å²) >= 11 is 6.08. The highest BCUT2D eigenvalue weighted by Crippen LogP contribution is 2.23. The average molecular weight is 297 g/mol. The van der Waals surface area contributed by atoms with Crippen LogP contribution in [0, 0.1) is 0 Å². The molecule has 4 nitrogen and oxygen atoms in total. The largest absolute Gasteiger partial charge is 0.392 e. The van der Waals surface area contributed by atoms with Crippen LogP contribution in [0.15, 0.2) is 18.2 Å². The van der Waals surface area contributed by atoms with Gasteiger partial charge in [-0.2, -0.15) is 0 Å². The predicted octanol–water partition coefficient (Wildman–Crippen LogP) is 2.65. The molecule has 1 fully saturated rings. The minimum absolute atomic E-state index is 0.0387. The number of nitrogens with zero attached hydrogens (tertiary/aromatic N) is 1. The molecule has 2 N–H and O–H groups in total. The van der Waals surface area contributed by atoms with E-state index in [0.717, 1.165) is 24.9 Å². The third-order valence-corrected chi connectivity index (χ3v) is 4.10. The zero-order chi connectivity index (χ0) is 14.5. The molecular weight excluding hydrogens is 276 g/mol. The minimum Gasteiger partial charge on any atom is -0.392 e. The van der Waals surface area contributed by atoms with Gasteiger partial charge in [-0.3, -0.25) is 4.79 Å². The number of aliphatic hydroxyl groups is 1. The van der Waals surface area contributed by atoms with E-state index in [4.69, 9.17) is 16.7 Å². The molecule has 20 heavy (non-hydrogen) atoms. The molecule has 0 bridgehead atoms. The van der Waals surface area contributed by atoms with Crippen LogP contribution in [-0.4, -0.2) is 35.0 Å². The van der Waals surface area contributed by atoms with Gasteiger partial charge in [0.25, 0.3) is 0 Å². The molecule has 1 aliphatic heterocycles. The Labute approximate surface area is 124 Å². The molecule has 0 unspecified atom stereocenters. The molecule has 1 heterocycles. The van der Waals surface area contributed by atoms with E-state index in [9.17, 15) is 4.79 Å². The molecule has 1 saturated heterocycles. The van der Waals surface area contributed by atoms with E-state index >= 15 is 0 Å². The number of aliphatic hydroxyl groups excluding tert-OH is 1. The summed E-state index contributed by atoms with van der Waals surface area (Å²) in [7, 11) is 0. The van der Waals surface area contributed by atoms with Crippen molar-refractivity contribution >= 4 is 23.2 Å². The van der Waals surface area contributed by atoms with E-state index in [0.29, 0.717) is 16.8 Å². The van der Waals surface area contributed by atoms with Gasteiger partial charge in [0.15, 0.2) is 0 Å². The summed E-state index contributed by atoms with van der Waals surface area (Å²) in [5, 5.41) is 12.8. The summed E-state index contributed by atoms with van der Waals surface area (Å²) in [5.41, 5.74) is 1.46. The number of halogens is 1. The number of carbonyl (C=O) groups is 1. The lowest BCUT2D eigenvalue weighted by atomic mass is 10.0. The number of anilines is 1. The van der Waals surface area contributed by atoms with Gasteiger partial charge in [0.2, 0.25) is 5.91 Å². The van der Waals surface area contributed by atoms with E-state index in [1.54, 1.807) is 18.2 Å². The van der Waals surface area contributed by atoms with Gasteiger partial charge in [-0.15, -0.1) is 0 Å². The smallest absolute Gasteiger partial charge is 0.242 e. The topological polar surface area (TPSA) is 52.6 Å². The van der Waals surface area contributed by atoms with E-state index in [1.807, 2.05) is 4.90 Å². The molecule has 0 aliphatic carbocycles. The third kappa shape index (κ3) is 3.64. The van der Waals surface area contributed by atoms with Crippen LogP contribution < -0.4 is 5.32 Å². The number of amides is 1. The number of nitrogens with one attached hydrogen (secondary N) is 1. The van der Waals surface area contributed by atoms with Gasteiger partial charge in [-0.25, -0.2) is 0 Å². The van der Waals surface area contributed by atoms with Gasteiger partial charge in [-0.1, -0.05) is 17.7 Å². The summed E-state index contributed by atoms with van der Waals surface area (Å²) in [6.45, 7) is 3.13. The fourth-order valence-corrected chi connectivity index (χ4v) is 2.73. The molecule has 1 aromatic rings. The average Bonchev–Trinajstić information content (AvgIpc) is 2.46. The van der Waals surface area contributed by atoms with Gasteiger partial charge >= 0.3 is 0 Å². The van der Waals surface area contributed by atoms with E-state index in [1.165, 1.54) is 6.42 Å². The highest BCUT2D eigenvalue weighted by molar-refractivity contribution is 6.33. The maximum absolute atomic E-state index is 12.2. The fraction of sp³-hybridized carbons (Fsp3) is 0.533. The van der Waals surface area contributed by atoms with Crippen LogP contribution in [0.5, 0.6) is 0 Å². The van der Waals surface area contributed by atoms with Gasteiger partial charge in [0.1, 0.15) is 0 Å². The molecule has 1 aliphatic rings. The van der Waals surface area contributed by atoms with Gasteiger partial charge < -0.3 is 15.3 Å². The fourth-order valence-electron chi connectivity index (χ4n) is 2.55. The highest BCUT2D eigenvalue weighted by atomic mass is 35.5. The van der Waals surface area contributed by atoms with Crippen LogP contribution in [0.3, 0.4) is 0 Å². The Hall–Kier alpha value is -1.26. The molecule has 1 aromatic carbocycles. The molecule has 0 saturated carbocycles. The van der Waals surface area contributed by atoms with Crippen molar-refractivity contribution in [2.75, 3.05) is 18.4 Å².